The lowest BCUT2D eigenvalue weighted by molar-refractivity contribution is -0.0134. The zero-order valence-corrected chi connectivity index (χ0v) is 17.3. The predicted octanol–water partition coefficient (Wildman–Crippen LogP) is 5.53. The van der Waals surface area contributed by atoms with Crippen molar-refractivity contribution in [1.29, 1.82) is 0 Å². The smallest absolute Gasteiger partial charge is 0.416 e. The SMILES string of the molecule is CC(C)(C)OC(=O)N1C(c2ccccc2)=C[C@H](c2ccc(Br)cc2)C[C@@H]1O. The van der Waals surface area contributed by atoms with E-state index >= 15 is 0 Å². The number of rotatable bonds is 2. The van der Waals surface area contributed by atoms with Gasteiger partial charge in [-0.05, 0) is 44.0 Å². The third kappa shape index (κ3) is 4.79. The van der Waals surface area contributed by atoms with Crippen molar-refractivity contribution in [2.75, 3.05) is 0 Å². The van der Waals surface area contributed by atoms with Crippen molar-refractivity contribution < 1.29 is 14.6 Å². The molecule has 1 aliphatic heterocycles. The van der Waals surface area contributed by atoms with Crippen LogP contribution >= 0.6 is 15.9 Å². The molecule has 0 bridgehead atoms. The van der Waals surface area contributed by atoms with Crippen molar-refractivity contribution >= 4 is 27.7 Å². The van der Waals surface area contributed by atoms with Crippen LogP contribution in [0.1, 0.15) is 44.2 Å². The number of carbonyl (C=O) groups is 1. The molecule has 2 atom stereocenters. The van der Waals surface area contributed by atoms with Gasteiger partial charge in [0.2, 0.25) is 0 Å². The molecule has 1 N–H and O–H groups in total. The van der Waals surface area contributed by atoms with Crippen LogP contribution in [0.5, 0.6) is 0 Å². The third-order valence-electron chi connectivity index (χ3n) is 4.34. The Kier molecular flexibility index (Phi) is 5.72. The van der Waals surface area contributed by atoms with Crippen molar-refractivity contribution in [1.82, 2.24) is 4.90 Å². The van der Waals surface area contributed by atoms with Gasteiger partial charge in [0, 0.05) is 16.8 Å². The fraction of sp³-hybridized carbons (Fsp3) is 0.318. The minimum absolute atomic E-state index is 0.00185. The molecule has 0 fully saturated rings. The number of aliphatic hydroxyl groups excluding tert-OH is 1. The number of nitrogens with zero attached hydrogens (tertiary/aromatic N) is 1. The highest BCUT2D eigenvalue weighted by molar-refractivity contribution is 9.10. The summed E-state index contributed by atoms with van der Waals surface area (Å²) in [6, 6.07) is 17.6. The van der Waals surface area contributed by atoms with Crippen LogP contribution in [0.3, 0.4) is 0 Å². The van der Waals surface area contributed by atoms with Crippen molar-refractivity contribution in [3.05, 3.63) is 76.3 Å². The molecular formula is C22H24BrNO3. The van der Waals surface area contributed by atoms with E-state index in [4.69, 9.17) is 4.74 Å². The average molecular weight is 430 g/mol. The second kappa shape index (κ2) is 7.87. The highest BCUT2D eigenvalue weighted by Crippen LogP contribution is 2.37. The van der Waals surface area contributed by atoms with Gasteiger partial charge >= 0.3 is 6.09 Å². The molecule has 0 saturated heterocycles. The molecule has 5 heteroatoms. The summed E-state index contributed by atoms with van der Waals surface area (Å²) < 4.78 is 6.54. The van der Waals surface area contributed by atoms with Crippen molar-refractivity contribution in [3.8, 4) is 0 Å². The van der Waals surface area contributed by atoms with Gasteiger partial charge in [-0.1, -0.05) is 64.5 Å². The number of hydrogen-bond acceptors (Lipinski definition) is 3. The van der Waals surface area contributed by atoms with Gasteiger partial charge in [0.1, 0.15) is 11.8 Å². The van der Waals surface area contributed by atoms with Gasteiger partial charge in [-0.3, -0.25) is 4.90 Å². The van der Waals surface area contributed by atoms with E-state index in [-0.39, 0.29) is 5.92 Å². The Morgan fingerprint density at radius 3 is 2.33 bits per heavy atom. The van der Waals surface area contributed by atoms with Crippen LogP contribution in [0.4, 0.5) is 4.79 Å². The van der Waals surface area contributed by atoms with E-state index in [0.29, 0.717) is 12.1 Å². The first-order valence-electron chi connectivity index (χ1n) is 8.97. The Morgan fingerprint density at radius 1 is 1.11 bits per heavy atom. The molecule has 27 heavy (non-hydrogen) atoms. The van der Waals surface area contributed by atoms with E-state index in [9.17, 15) is 9.90 Å². The van der Waals surface area contributed by atoms with Crippen LogP contribution in [0.15, 0.2) is 65.1 Å². The number of ether oxygens (including phenoxy) is 1. The largest absolute Gasteiger partial charge is 0.443 e. The first kappa shape index (κ1) is 19.6. The summed E-state index contributed by atoms with van der Waals surface area (Å²) in [4.78, 5) is 14.1. The molecule has 142 valence electrons. The fourth-order valence-corrected chi connectivity index (χ4v) is 3.41. The van der Waals surface area contributed by atoms with Crippen LogP contribution in [0, 0.1) is 0 Å². The number of benzene rings is 2. The Morgan fingerprint density at radius 2 is 1.74 bits per heavy atom. The molecule has 2 aromatic carbocycles. The number of amides is 1. The van der Waals surface area contributed by atoms with Crippen LogP contribution in [0.2, 0.25) is 0 Å². The average Bonchev–Trinajstić information content (AvgIpc) is 2.60. The number of hydrogen-bond donors (Lipinski definition) is 1. The normalized spacial score (nSPS) is 20.2. The van der Waals surface area contributed by atoms with E-state index in [2.05, 4.69) is 15.9 Å². The standard InChI is InChI=1S/C22H24BrNO3/c1-22(2,3)27-21(26)24-19(16-7-5-4-6-8-16)13-17(14-20(24)25)15-9-11-18(23)12-10-15/h4-13,17,20,25H,14H2,1-3H3/t17-,20-/m0/s1. The van der Waals surface area contributed by atoms with Crippen LogP contribution in [0.25, 0.3) is 5.70 Å². The van der Waals surface area contributed by atoms with Gasteiger partial charge in [-0.25, -0.2) is 4.79 Å². The second-order valence-corrected chi connectivity index (χ2v) is 8.56. The lowest BCUT2D eigenvalue weighted by Crippen LogP contribution is -2.44. The molecule has 1 heterocycles. The van der Waals surface area contributed by atoms with Crippen molar-refractivity contribution in [3.63, 3.8) is 0 Å². The molecule has 0 radical (unpaired) electrons. The molecule has 3 rings (SSSR count). The number of aliphatic hydroxyl groups is 1. The van der Waals surface area contributed by atoms with Gasteiger partial charge in [0.15, 0.2) is 0 Å². The lowest BCUT2D eigenvalue weighted by atomic mass is 9.89. The van der Waals surface area contributed by atoms with E-state index in [1.807, 2.05) is 81.4 Å². The minimum atomic E-state index is -0.964. The van der Waals surface area contributed by atoms with Gasteiger partial charge < -0.3 is 9.84 Å². The zero-order valence-electron chi connectivity index (χ0n) is 15.7. The van der Waals surface area contributed by atoms with Gasteiger partial charge in [-0.2, -0.15) is 0 Å². The quantitative estimate of drug-likeness (QED) is 0.682. The number of carbonyl (C=O) groups excluding carboxylic acids is 1. The van der Waals surface area contributed by atoms with Crippen LogP contribution < -0.4 is 0 Å². The minimum Gasteiger partial charge on any atom is -0.443 e. The zero-order chi connectivity index (χ0) is 19.6. The van der Waals surface area contributed by atoms with Crippen LogP contribution in [-0.2, 0) is 4.74 Å². The van der Waals surface area contributed by atoms with E-state index in [0.717, 1.165) is 15.6 Å². The summed E-state index contributed by atoms with van der Waals surface area (Å²) in [7, 11) is 0. The number of allylic oxidation sites excluding steroid dienone is 1. The molecular weight excluding hydrogens is 406 g/mol. The molecule has 0 aromatic heterocycles. The topological polar surface area (TPSA) is 49.8 Å². The van der Waals surface area contributed by atoms with E-state index in [1.54, 1.807) is 0 Å². The second-order valence-electron chi connectivity index (χ2n) is 7.64. The molecule has 4 nitrogen and oxygen atoms in total. The summed E-state index contributed by atoms with van der Waals surface area (Å²) in [5.41, 5.74) is 1.98. The van der Waals surface area contributed by atoms with E-state index < -0.39 is 17.9 Å². The summed E-state index contributed by atoms with van der Waals surface area (Å²) in [6.45, 7) is 5.45. The maximum Gasteiger partial charge on any atom is 0.416 e. The van der Waals surface area contributed by atoms with Gasteiger partial charge in [-0.15, -0.1) is 0 Å². The summed E-state index contributed by atoms with van der Waals surface area (Å²) >= 11 is 3.45. The molecule has 1 amide bonds. The summed E-state index contributed by atoms with van der Waals surface area (Å²) in [5.74, 6) is 0.00185. The monoisotopic (exact) mass is 429 g/mol. The highest BCUT2D eigenvalue weighted by atomic mass is 79.9. The molecule has 1 aliphatic rings. The molecule has 0 spiro atoms. The fourth-order valence-electron chi connectivity index (χ4n) is 3.15. The Labute approximate surface area is 168 Å². The third-order valence-corrected chi connectivity index (χ3v) is 4.87. The lowest BCUT2D eigenvalue weighted by Gasteiger charge is -2.37. The molecule has 2 aromatic rings. The first-order chi connectivity index (χ1) is 12.7. The summed E-state index contributed by atoms with van der Waals surface area (Å²) in [6.07, 6.45) is 0.944. The predicted molar refractivity (Wildman–Crippen MR) is 110 cm³/mol. The number of halogens is 1. The summed E-state index contributed by atoms with van der Waals surface area (Å²) in [5, 5.41) is 10.8. The Bertz CT molecular complexity index is 825. The Hall–Kier alpha value is -2.11. The van der Waals surface area contributed by atoms with Crippen molar-refractivity contribution in [2.45, 2.75) is 44.9 Å². The highest BCUT2D eigenvalue weighted by Gasteiger charge is 2.36. The maximum absolute atomic E-state index is 12.8. The first-order valence-corrected chi connectivity index (χ1v) is 9.77. The molecule has 0 unspecified atom stereocenters. The van der Waals surface area contributed by atoms with Gasteiger partial charge in [0.25, 0.3) is 0 Å². The van der Waals surface area contributed by atoms with Crippen LogP contribution in [-0.4, -0.2) is 27.9 Å². The maximum atomic E-state index is 12.8. The molecule has 0 aliphatic carbocycles. The van der Waals surface area contributed by atoms with E-state index in [1.165, 1.54) is 4.90 Å². The molecule has 0 saturated carbocycles. The Balaban J connectivity index is 2.02. The van der Waals surface area contributed by atoms with Gasteiger partial charge in [0.05, 0.1) is 5.70 Å². The van der Waals surface area contributed by atoms with Crippen molar-refractivity contribution in [2.24, 2.45) is 0 Å².